The number of carbonyl (C=O) groups is 2. The minimum absolute atomic E-state index is 0.0378. The van der Waals surface area contributed by atoms with E-state index in [1.54, 1.807) is 66.7 Å². The quantitative estimate of drug-likeness (QED) is 0.243. The maximum Gasteiger partial charge on any atom is 0.237 e. The van der Waals surface area contributed by atoms with Crippen molar-refractivity contribution in [3.05, 3.63) is 93.3 Å². The molecule has 178 valence electrons. The van der Waals surface area contributed by atoms with Crippen LogP contribution in [-0.2, 0) is 15.6 Å². The van der Waals surface area contributed by atoms with Gasteiger partial charge in [0.15, 0.2) is 5.13 Å². The number of hydrogen-bond donors (Lipinski definition) is 3. The van der Waals surface area contributed by atoms with Crippen LogP contribution >= 0.6 is 34.5 Å². The van der Waals surface area contributed by atoms with Crippen LogP contribution in [0.5, 0.6) is 0 Å². The van der Waals surface area contributed by atoms with Gasteiger partial charge in [-0.15, -0.1) is 0 Å². The van der Waals surface area contributed by atoms with E-state index >= 15 is 0 Å². The van der Waals surface area contributed by atoms with Crippen LogP contribution < -0.4 is 16.4 Å². The molecule has 1 amide bonds. The van der Waals surface area contributed by atoms with E-state index in [0.29, 0.717) is 21.4 Å². The summed E-state index contributed by atoms with van der Waals surface area (Å²) in [5.74, 6) is -0.944. The monoisotopic (exact) mass is 544 g/mol. The fraction of sp³-hybridized carbons (Fsp3) is 0.0417. The number of halogens is 2. The molecule has 0 radical (unpaired) electrons. The Hall–Kier alpha value is -3.24. The van der Waals surface area contributed by atoms with Crippen molar-refractivity contribution in [2.75, 3.05) is 22.1 Å². The number of rotatable bonds is 8. The van der Waals surface area contributed by atoms with Crippen LogP contribution in [-0.4, -0.2) is 26.6 Å². The van der Waals surface area contributed by atoms with Crippen molar-refractivity contribution in [2.45, 2.75) is 4.90 Å². The fourth-order valence-electron chi connectivity index (χ4n) is 3.14. The average molecular weight is 545 g/mol. The Balaban J connectivity index is 1.47. The molecule has 1 aromatic heterocycles. The highest BCUT2D eigenvalue weighted by Gasteiger charge is 2.22. The molecule has 0 aliphatic heterocycles. The van der Waals surface area contributed by atoms with Crippen LogP contribution in [0.4, 0.5) is 22.3 Å². The second kappa shape index (κ2) is 11.0. The lowest BCUT2D eigenvalue weighted by Crippen LogP contribution is -2.19. The molecule has 0 aliphatic rings. The summed E-state index contributed by atoms with van der Waals surface area (Å²) in [4.78, 5) is 30.1. The zero-order chi connectivity index (χ0) is 24.9. The SMILES string of the molecule is Nc1nc(Nc2cccc(S(=O)CC(=O)Nc3ccccc3)c2)sc1C(=O)c1c(Cl)cccc1Cl. The normalized spacial score (nSPS) is 11.6. The molecule has 0 aliphatic carbocycles. The highest BCUT2D eigenvalue weighted by Crippen LogP contribution is 2.34. The lowest BCUT2D eigenvalue weighted by Gasteiger charge is -2.07. The number of anilines is 4. The first kappa shape index (κ1) is 24.9. The Morgan fingerprint density at radius 3 is 2.31 bits per heavy atom. The van der Waals surface area contributed by atoms with Crippen molar-refractivity contribution in [3.8, 4) is 0 Å². The maximum absolute atomic E-state index is 13.0. The summed E-state index contributed by atoms with van der Waals surface area (Å²) in [6, 6.07) is 20.5. The highest BCUT2D eigenvalue weighted by atomic mass is 35.5. The van der Waals surface area contributed by atoms with Crippen molar-refractivity contribution in [2.24, 2.45) is 0 Å². The van der Waals surface area contributed by atoms with E-state index in [4.69, 9.17) is 28.9 Å². The number of benzene rings is 3. The first-order valence-corrected chi connectivity index (χ1v) is 13.1. The summed E-state index contributed by atoms with van der Waals surface area (Å²) in [6.07, 6.45) is 0. The Bertz CT molecular complexity index is 1410. The number of nitrogens with one attached hydrogen (secondary N) is 2. The fourth-order valence-corrected chi connectivity index (χ4v) is 5.52. The average Bonchev–Trinajstić information content (AvgIpc) is 3.19. The third-order valence-electron chi connectivity index (χ3n) is 4.72. The van der Waals surface area contributed by atoms with E-state index in [9.17, 15) is 13.8 Å². The Morgan fingerprint density at radius 2 is 1.60 bits per heavy atom. The molecule has 4 aromatic rings. The van der Waals surface area contributed by atoms with Gasteiger partial charge in [0.2, 0.25) is 11.7 Å². The third kappa shape index (κ3) is 6.07. The van der Waals surface area contributed by atoms with Gasteiger partial charge in [-0.25, -0.2) is 4.98 Å². The smallest absolute Gasteiger partial charge is 0.237 e. The Labute approximate surface area is 217 Å². The van der Waals surface area contributed by atoms with Crippen LogP contribution in [0.2, 0.25) is 10.0 Å². The third-order valence-corrected chi connectivity index (χ3v) is 7.64. The van der Waals surface area contributed by atoms with Crippen LogP contribution in [0.1, 0.15) is 15.2 Å². The van der Waals surface area contributed by atoms with E-state index in [1.165, 1.54) is 0 Å². The molecule has 35 heavy (non-hydrogen) atoms. The number of thiazole rings is 1. The van der Waals surface area contributed by atoms with E-state index in [-0.39, 0.29) is 38.0 Å². The van der Waals surface area contributed by atoms with E-state index in [0.717, 1.165) is 11.3 Å². The lowest BCUT2D eigenvalue weighted by molar-refractivity contribution is -0.113. The number of hydrogen-bond acceptors (Lipinski definition) is 7. The molecule has 4 rings (SSSR count). The van der Waals surface area contributed by atoms with Gasteiger partial charge in [-0.2, -0.15) is 0 Å². The summed E-state index contributed by atoms with van der Waals surface area (Å²) >= 11 is 13.4. The zero-order valence-electron chi connectivity index (χ0n) is 18.0. The Kier molecular flexibility index (Phi) is 7.82. The highest BCUT2D eigenvalue weighted by molar-refractivity contribution is 7.85. The van der Waals surface area contributed by atoms with Crippen molar-refractivity contribution >= 4 is 79.4 Å². The molecular formula is C24H18Cl2N4O3S2. The summed E-state index contributed by atoms with van der Waals surface area (Å²) in [5.41, 5.74) is 7.35. The van der Waals surface area contributed by atoms with Gasteiger partial charge in [0.1, 0.15) is 16.4 Å². The van der Waals surface area contributed by atoms with E-state index in [1.807, 2.05) is 6.07 Å². The molecular weight excluding hydrogens is 527 g/mol. The maximum atomic E-state index is 13.0. The van der Waals surface area contributed by atoms with Crippen LogP contribution in [0, 0.1) is 0 Å². The van der Waals surface area contributed by atoms with Gasteiger partial charge >= 0.3 is 0 Å². The molecule has 1 atom stereocenters. The van der Waals surface area contributed by atoms with Gasteiger partial charge in [0.25, 0.3) is 0 Å². The van der Waals surface area contributed by atoms with Gasteiger partial charge in [0.05, 0.1) is 26.4 Å². The van der Waals surface area contributed by atoms with E-state index < -0.39 is 16.6 Å². The second-order valence-electron chi connectivity index (χ2n) is 7.22. The van der Waals surface area contributed by atoms with Crippen LogP contribution in [0.15, 0.2) is 77.7 Å². The van der Waals surface area contributed by atoms with Gasteiger partial charge < -0.3 is 16.4 Å². The zero-order valence-corrected chi connectivity index (χ0v) is 21.1. The Morgan fingerprint density at radius 1 is 0.943 bits per heavy atom. The number of carbonyl (C=O) groups excluding carboxylic acids is 2. The van der Waals surface area contributed by atoms with Crippen LogP contribution in [0.3, 0.4) is 0 Å². The number of nitrogens with two attached hydrogens (primary N) is 1. The second-order valence-corrected chi connectivity index (χ2v) is 10.5. The molecule has 0 saturated heterocycles. The largest absolute Gasteiger partial charge is 0.382 e. The summed E-state index contributed by atoms with van der Waals surface area (Å²) in [7, 11) is -1.57. The molecule has 4 N–H and O–H groups in total. The molecule has 3 aromatic carbocycles. The molecule has 7 nitrogen and oxygen atoms in total. The molecule has 11 heteroatoms. The van der Waals surface area contributed by atoms with Gasteiger partial charge in [0, 0.05) is 16.3 Å². The molecule has 1 unspecified atom stereocenters. The van der Waals surface area contributed by atoms with Crippen LogP contribution in [0.25, 0.3) is 0 Å². The standard InChI is InChI=1S/C24H18Cl2N4O3S2/c25-17-10-5-11-18(26)20(17)21(32)22-23(27)30-24(34-22)29-15-8-4-9-16(12-15)35(33)13-19(31)28-14-6-2-1-3-7-14/h1-12H,13,27H2,(H,28,31)(H,29,30). The minimum atomic E-state index is -1.57. The minimum Gasteiger partial charge on any atom is -0.382 e. The van der Waals surface area contributed by atoms with Gasteiger partial charge in [-0.1, -0.05) is 64.9 Å². The molecule has 1 heterocycles. The molecule has 0 fully saturated rings. The number of nitrogen functional groups attached to an aromatic ring is 1. The molecule has 0 bridgehead atoms. The summed E-state index contributed by atoms with van der Waals surface area (Å²) in [6.45, 7) is 0. The molecule has 0 saturated carbocycles. The number of amides is 1. The van der Waals surface area contributed by atoms with Gasteiger partial charge in [-0.05, 0) is 42.5 Å². The number of aromatic nitrogens is 1. The number of para-hydroxylation sites is 1. The predicted molar refractivity (Wildman–Crippen MR) is 142 cm³/mol. The topological polar surface area (TPSA) is 114 Å². The van der Waals surface area contributed by atoms with Crippen molar-refractivity contribution < 1.29 is 13.8 Å². The predicted octanol–water partition coefficient (Wildman–Crippen LogP) is 5.75. The van der Waals surface area contributed by atoms with Crippen molar-refractivity contribution in [1.29, 1.82) is 0 Å². The lowest BCUT2D eigenvalue weighted by atomic mass is 10.1. The first-order valence-electron chi connectivity index (χ1n) is 10.2. The first-order chi connectivity index (χ1) is 16.8. The number of ketones is 1. The summed E-state index contributed by atoms with van der Waals surface area (Å²) < 4.78 is 12.7. The van der Waals surface area contributed by atoms with E-state index in [2.05, 4.69) is 15.6 Å². The molecule has 0 spiro atoms. The summed E-state index contributed by atoms with van der Waals surface area (Å²) in [5, 5.41) is 6.58. The van der Waals surface area contributed by atoms with Gasteiger partial charge in [-0.3, -0.25) is 13.8 Å². The van der Waals surface area contributed by atoms with Crippen molar-refractivity contribution in [1.82, 2.24) is 4.98 Å². The number of nitrogens with zero attached hydrogens (tertiary/aromatic N) is 1. The van der Waals surface area contributed by atoms with Crippen molar-refractivity contribution in [3.63, 3.8) is 0 Å².